The van der Waals surface area contributed by atoms with E-state index in [1.54, 1.807) is 24.3 Å². The van der Waals surface area contributed by atoms with Gasteiger partial charge in [-0.3, -0.25) is 0 Å². The summed E-state index contributed by atoms with van der Waals surface area (Å²) < 4.78 is 0. The van der Waals surface area contributed by atoms with Crippen molar-refractivity contribution in [3.05, 3.63) is 45.5 Å². The average molecular weight is 241 g/mol. The van der Waals surface area contributed by atoms with Crippen LogP contribution in [0.15, 0.2) is 29.8 Å². The van der Waals surface area contributed by atoms with Gasteiger partial charge in [-0.1, -0.05) is 35.0 Å². The van der Waals surface area contributed by atoms with E-state index in [9.17, 15) is 0 Å². The summed E-state index contributed by atoms with van der Waals surface area (Å²) in [6.45, 7) is 1.83. The van der Waals surface area contributed by atoms with Crippen molar-refractivity contribution in [3.8, 4) is 11.8 Å². The first-order valence-corrected chi connectivity index (χ1v) is 5.13. The summed E-state index contributed by atoms with van der Waals surface area (Å²) in [5, 5.41) is 9.77. The molecule has 0 bridgehead atoms. The lowest BCUT2D eigenvalue weighted by atomic mass is 10.2. The van der Waals surface area contributed by atoms with Crippen LogP contribution in [0, 0.1) is 11.8 Å². The Morgan fingerprint density at radius 1 is 1.33 bits per heavy atom. The summed E-state index contributed by atoms with van der Waals surface area (Å²) in [7, 11) is 0. The zero-order valence-electron chi connectivity index (χ0n) is 8.22. The van der Waals surface area contributed by atoms with E-state index in [4.69, 9.17) is 28.3 Å². The fraction of sp³-hybridized carbons (Fsp3) is 0.167. The van der Waals surface area contributed by atoms with Crippen LogP contribution in [0.3, 0.4) is 0 Å². The molecule has 1 aromatic rings. The van der Waals surface area contributed by atoms with E-state index in [0.29, 0.717) is 10.0 Å². The van der Waals surface area contributed by atoms with Gasteiger partial charge in [0.05, 0.1) is 6.61 Å². The van der Waals surface area contributed by atoms with Gasteiger partial charge in [0.1, 0.15) is 0 Å². The van der Waals surface area contributed by atoms with Gasteiger partial charge in [0, 0.05) is 15.6 Å². The fourth-order valence-corrected chi connectivity index (χ4v) is 1.51. The van der Waals surface area contributed by atoms with Crippen LogP contribution >= 0.6 is 23.2 Å². The first-order chi connectivity index (χ1) is 7.11. The Balaban J connectivity index is 2.93. The number of aliphatic hydroxyl groups excluding tert-OH is 1. The normalized spacial score (nSPS) is 10.8. The van der Waals surface area contributed by atoms with Gasteiger partial charge in [0.2, 0.25) is 0 Å². The molecule has 0 heterocycles. The molecular weight excluding hydrogens is 231 g/mol. The summed E-state index contributed by atoms with van der Waals surface area (Å²) in [5.41, 5.74) is 1.58. The third kappa shape index (κ3) is 4.40. The Bertz CT molecular complexity index is 418. The lowest BCUT2D eigenvalue weighted by molar-refractivity contribution is 0.342. The van der Waals surface area contributed by atoms with Crippen molar-refractivity contribution in [1.82, 2.24) is 0 Å². The molecule has 0 fully saturated rings. The summed E-state index contributed by atoms with van der Waals surface area (Å²) in [4.78, 5) is 0. The van der Waals surface area contributed by atoms with Gasteiger partial charge in [-0.25, -0.2) is 0 Å². The maximum absolute atomic E-state index is 8.64. The van der Waals surface area contributed by atoms with Gasteiger partial charge in [0.25, 0.3) is 0 Å². The zero-order valence-corrected chi connectivity index (χ0v) is 9.73. The molecule has 0 spiro atoms. The molecule has 0 radical (unpaired) electrons. The number of halogens is 2. The van der Waals surface area contributed by atoms with Crippen LogP contribution in [0.5, 0.6) is 0 Å². The Hall–Kier alpha value is -0.940. The number of allylic oxidation sites excluding steroid dienone is 1. The van der Waals surface area contributed by atoms with Crippen LogP contribution in [-0.4, -0.2) is 11.7 Å². The van der Waals surface area contributed by atoms with Crippen molar-refractivity contribution in [2.75, 3.05) is 6.61 Å². The molecule has 0 aliphatic heterocycles. The zero-order chi connectivity index (χ0) is 11.3. The molecule has 0 amide bonds. The highest BCUT2D eigenvalue weighted by Crippen LogP contribution is 2.18. The number of rotatable bonds is 1. The van der Waals surface area contributed by atoms with E-state index in [1.165, 1.54) is 0 Å². The molecule has 1 nitrogen and oxygen atoms in total. The summed E-state index contributed by atoms with van der Waals surface area (Å²) in [6.07, 6.45) is 1.64. The van der Waals surface area contributed by atoms with Crippen LogP contribution in [-0.2, 0) is 0 Å². The Labute approximate surface area is 99.3 Å². The van der Waals surface area contributed by atoms with E-state index < -0.39 is 0 Å². The van der Waals surface area contributed by atoms with E-state index in [2.05, 4.69) is 11.8 Å². The Morgan fingerprint density at radius 2 is 1.93 bits per heavy atom. The summed E-state index contributed by atoms with van der Waals surface area (Å²) >= 11 is 11.6. The molecular formula is C12H10Cl2O. The van der Waals surface area contributed by atoms with Crippen LogP contribution in [0.1, 0.15) is 12.5 Å². The van der Waals surface area contributed by atoms with E-state index in [1.807, 2.05) is 6.92 Å². The van der Waals surface area contributed by atoms with Crippen molar-refractivity contribution in [2.45, 2.75) is 6.92 Å². The first kappa shape index (κ1) is 12.1. The molecule has 15 heavy (non-hydrogen) atoms. The topological polar surface area (TPSA) is 20.2 Å². The first-order valence-electron chi connectivity index (χ1n) is 4.37. The standard InChI is InChI=1S/C12H10Cl2O/c1-9(4-5-15)2-3-10-6-11(13)8-12(14)7-10/h4,6-8,15H,5H2,1H3. The smallest absolute Gasteiger partial charge is 0.0624 e. The SMILES string of the molecule is CC(C#Cc1cc(Cl)cc(Cl)c1)=CCO. The predicted octanol–water partition coefficient (Wildman–Crippen LogP) is 3.28. The number of hydrogen-bond acceptors (Lipinski definition) is 1. The number of hydrogen-bond donors (Lipinski definition) is 1. The largest absolute Gasteiger partial charge is 0.392 e. The second-order valence-electron chi connectivity index (χ2n) is 2.98. The van der Waals surface area contributed by atoms with Gasteiger partial charge < -0.3 is 5.11 Å². The van der Waals surface area contributed by atoms with Gasteiger partial charge in [-0.2, -0.15) is 0 Å². The van der Waals surface area contributed by atoms with Crippen molar-refractivity contribution >= 4 is 23.2 Å². The Morgan fingerprint density at radius 3 is 2.47 bits per heavy atom. The second-order valence-corrected chi connectivity index (χ2v) is 3.85. The minimum atomic E-state index is -0.00316. The molecule has 0 saturated carbocycles. The van der Waals surface area contributed by atoms with Crippen LogP contribution < -0.4 is 0 Å². The molecule has 78 valence electrons. The van der Waals surface area contributed by atoms with Crippen molar-refractivity contribution in [1.29, 1.82) is 0 Å². The lowest BCUT2D eigenvalue weighted by Crippen LogP contribution is -1.78. The van der Waals surface area contributed by atoms with Crippen molar-refractivity contribution in [2.24, 2.45) is 0 Å². The third-order valence-corrected chi connectivity index (χ3v) is 2.10. The quantitative estimate of drug-likeness (QED) is 0.748. The van der Waals surface area contributed by atoms with Crippen LogP contribution in [0.2, 0.25) is 10.0 Å². The minimum Gasteiger partial charge on any atom is -0.392 e. The molecule has 0 aliphatic rings. The minimum absolute atomic E-state index is 0.00316. The molecule has 1 aromatic carbocycles. The van der Waals surface area contributed by atoms with Gasteiger partial charge in [-0.15, -0.1) is 0 Å². The highest BCUT2D eigenvalue weighted by Gasteiger charge is 1.94. The summed E-state index contributed by atoms with van der Waals surface area (Å²) in [5.74, 6) is 5.80. The van der Waals surface area contributed by atoms with Crippen molar-refractivity contribution in [3.63, 3.8) is 0 Å². The maximum Gasteiger partial charge on any atom is 0.0624 e. The monoisotopic (exact) mass is 240 g/mol. The lowest BCUT2D eigenvalue weighted by Gasteiger charge is -1.94. The molecule has 3 heteroatoms. The predicted molar refractivity (Wildman–Crippen MR) is 64.2 cm³/mol. The molecule has 1 N–H and O–H groups in total. The van der Waals surface area contributed by atoms with Gasteiger partial charge >= 0.3 is 0 Å². The molecule has 0 aliphatic carbocycles. The molecule has 0 aromatic heterocycles. The van der Waals surface area contributed by atoms with Crippen LogP contribution in [0.25, 0.3) is 0 Å². The van der Waals surface area contributed by atoms with E-state index in [0.717, 1.165) is 11.1 Å². The molecule has 0 unspecified atom stereocenters. The number of aliphatic hydroxyl groups is 1. The summed E-state index contributed by atoms with van der Waals surface area (Å²) in [6, 6.07) is 5.14. The molecule has 0 saturated heterocycles. The second kappa shape index (κ2) is 5.82. The van der Waals surface area contributed by atoms with E-state index >= 15 is 0 Å². The highest BCUT2D eigenvalue weighted by molar-refractivity contribution is 6.34. The fourth-order valence-electron chi connectivity index (χ4n) is 0.985. The van der Waals surface area contributed by atoms with Gasteiger partial charge in [0.15, 0.2) is 0 Å². The van der Waals surface area contributed by atoms with Crippen molar-refractivity contribution < 1.29 is 5.11 Å². The highest BCUT2D eigenvalue weighted by atomic mass is 35.5. The Kier molecular flexibility index (Phi) is 4.71. The molecule has 0 atom stereocenters. The van der Waals surface area contributed by atoms with E-state index in [-0.39, 0.29) is 6.61 Å². The van der Waals surface area contributed by atoms with Gasteiger partial charge in [-0.05, 0) is 36.8 Å². The average Bonchev–Trinajstić information content (AvgIpc) is 2.14. The number of benzene rings is 1. The van der Waals surface area contributed by atoms with Crippen LogP contribution in [0.4, 0.5) is 0 Å². The maximum atomic E-state index is 8.64. The molecule has 1 rings (SSSR count). The third-order valence-electron chi connectivity index (χ3n) is 1.66.